The van der Waals surface area contributed by atoms with Gasteiger partial charge in [-0.05, 0) is 31.0 Å². The van der Waals surface area contributed by atoms with Gasteiger partial charge in [0.2, 0.25) is 0 Å². The number of rotatable bonds is 6. The highest BCUT2D eigenvalue weighted by atomic mass is 16.4. The Labute approximate surface area is 107 Å². The fraction of sp³-hybridized carbons (Fsp3) is 0.500. The third-order valence-corrected chi connectivity index (χ3v) is 2.79. The highest BCUT2D eigenvalue weighted by molar-refractivity contribution is 5.95. The molecule has 6 heteroatoms. The molecular weight excluding hydrogens is 232 g/mol. The number of pyridine rings is 1. The third-order valence-electron chi connectivity index (χ3n) is 2.79. The minimum Gasteiger partial charge on any atom is -0.409 e. The van der Waals surface area contributed by atoms with E-state index in [0.717, 1.165) is 5.56 Å². The normalized spacial score (nSPS) is 15.4. The van der Waals surface area contributed by atoms with E-state index in [1.54, 1.807) is 19.2 Å². The van der Waals surface area contributed by atoms with E-state index in [2.05, 4.69) is 15.5 Å². The van der Waals surface area contributed by atoms with E-state index in [0.29, 0.717) is 25.2 Å². The van der Waals surface area contributed by atoms with Crippen molar-refractivity contribution < 1.29 is 10.3 Å². The first-order valence-electron chi connectivity index (χ1n) is 5.84. The van der Waals surface area contributed by atoms with E-state index >= 15 is 0 Å². The molecular formula is C12H20N4O2. The zero-order chi connectivity index (χ0) is 13.6. The standard InChI is InChI=1S/C12H20N4O2/c1-3-12(2,17)8-14-7-9-4-5-15-10(6-9)11(13)16-18/h4-6,14,17-18H,3,7-8H2,1-2H3,(H2,13,16). The topological polar surface area (TPSA) is 104 Å². The average molecular weight is 252 g/mol. The second-order valence-corrected chi connectivity index (χ2v) is 4.49. The molecule has 0 spiro atoms. The molecule has 1 atom stereocenters. The molecule has 0 aliphatic rings. The lowest BCUT2D eigenvalue weighted by atomic mass is 10.0. The van der Waals surface area contributed by atoms with E-state index in [1.807, 2.05) is 13.0 Å². The SMILES string of the molecule is CCC(C)(O)CNCc1ccnc(C(N)=NO)c1. The Morgan fingerprint density at radius 2 is 2.33 bits per heavy atom. The number of hydrogen-bond acceptors (Lipinski definition) is 5. The number of nitrogens with two attached hydrogens (primary N) is 1. The Balaban J connectivity index is 2.58. The molecule has 1 unspecified atom stereocenters. The van der Waals surface area contributed by atoms with E-state index in [9.17, 15) is 5.11 Å². The van der Waals surface area contributed by atoms with E-state index < -0.39 is 5.60 Å². The Hall–Kier alpha value is -1.66. The van der Waals surface area contributed by atoms with Gasteiger partial charge in [0, 0.05) is 19.3 Å². The number of nitrogens with one attached hydrogen (secondary N) is 1. The van der Waals surface area contributed by atoms with Gasteiger partial charge in [-0.15, -0.1) is 0 Å². The molecule has 0 aromatic carbocycles. The molecule has 0 saturated heterocycles. The summed E-state index contributed by atoms with van der Waals surface area (Å²) in [4.78, 5) is 3.99. The van der Waals surface area contributed by atoms with Crippen LogP contribution in [0, 0.1) is 0 Å². The fourth-order valence-electron chi connectivity index (χ4n) is 1.38. The summed E-state index contributed by atoms with van der Waals surface area (Å²) in [5.41, 5.74) is 6.14. The lowest BCUT2D eigenvalue weighted by Crippen LogP contribution is -2.36. The van der Waals surface area contributed by atoms with Gasteiger partial charge in [-0.1, -0.05) is 12.1 Å². The Bertz CT molecular complexity index is 418. The van der Waals surface area contributed by atoms with Gasteiger partial charge in [0.25, 0.3) is 0 Å². The molecule has 1 rings (SSSR count). The van der Waals surface area contributed by atoms with Crippen LogP contribution >= 0.6 is 0 Å². The maximum Gasteiger partial charge on any atom is 0.188 e. The van der Waals surface area contributed by atoms with Gasteiger partial charge in [-0.2, -0.15) is 0 Å². The van der Waals surface area contributed by atoms with Crippen molar-refractivity contribution in [2.45, 2.75) is 32.4 Å². The second-order valence-electron chi connectivity index (χ2n) is 4.49. The summed E-state index contributed by atoms with van der Waals surface area (Å²) in [7, 11) is 0. The summed E-state index contributed by atoms with van der Waals surface area (Å²) in [6, 6.07) is 3.57. The molecule has 5 N–H and O–H groups in total. The van der Waals surface area contributed by atoms with Crippen molar-refractivity contribution in [2.24, 2.45) is 10.9 Å². The van der Waals surface area contributed by atoms with Crippen LogP contribution in [0.4, 0.5) is 0 Å². The Morgan fingerprint density at radius 1 is 1.61 bits per heavy atom. The number of aliphatic hydroxyl groups is 1. The zero-order valence-electron chi connectivity index (χ0n) is 10.7. The van der Waals surface area contributed by atoms with Crippen LogP contribution in [0.15, 0.2) is 23.5 Å². The molecule has 0 amide bonds. The van der Waals surface area contributed by atoms with Crippen molar-refractivity contribution in [1.29, 1.82) is 0 Å². The van der Waals surface area contributed by atoms with Crippen LogP contribution in [0.2, 0.25) is 0 Å². The molecule has 18 heavy (non-hydrogen) atoms. The third kappa shape index (κ3) is 4.31. The highest BCUT2D eigenvalue weighted by Gasteiger charge is 2.16. The van der Waals surface area contributed by atoms with Crippen molar-refractivity contribution in [1.82, 2.24) is 10.3 Å². The molecule has 0 radical (unpaired) electrons. The highest BCUT2D eigenvalue weighted by Crippen LogP contribution is 2.07. The van der Waals surface area contributed by atoms with Gasteiger partial charge >= 0.3 is 0 Å². The minimum absolute atomic E-state index is 0.0163. The van der Waals surface area contributed by atoms with Gasteiger partial charge in [0.15, 0.2) is 5.84 Å². The van der Waals surface area contributed by atoms with Crippen LogP contribution < -0.4 is 11.1 Å². The monoisotopic (exact) mass is 252 g/mol. The zero-order valence-corrected chi connectivity index (χ0v) is 10.7. The van der Waals surface area contributed by atoms with Gasteiger partial charge < -0.3 is 21.4 Å². The molecule has 6 nitrogen and oxygen atoms in total. The molecule has 1 heterocycles. The summed E-state index contributed by atoms with van der Waals surface area (Å²) in [6.07, 6.45) is 2.29. The van der Waals surface area contributed by atoms with Gasteiger partial charge in [-0.3, -0.25) is 4.98 Å². The summed E-state index contributed by atoms with van der Waals surface area (Å²) in [5, 5.41) is 24.5. The van der Waals surface area contributed by atoms with Crippen LogP contribution in [0.3, 0.4) is 0 Å². The number of aromatic nitrogens is 1. The maximum absolute atomic E-state index is 9.84. The van der Waals surface area contributed by atoms with Crippen LogP contribution in [0.1, 0.15) is 31.5 Å². The smallest absolute Gasteiger partial charge is 0.188 e. The molecule has 0 saturated carbocycles. The second kappa shape index (κ2) is 6.32. The van der Waals surface area contributed by atoms with Crippen molar-refractivity contribution >= 4 is 5.84 Å². The molecule has 1 aromatic heterocycles. The Morgan fingerprint density at radius 3 is 2.94 bits per heavy atom. The average Bonchev–Trinajstić information content (AvgIpc) is 2.38. The van der Waals surface area contributed by atoms with Crippen LogP contribution in [-0.4, -0.2) is 33.3 Å². The fourth-order valence-corrected chi connectivity index (χ4v) is 1.38. The van der Waals surface area contributed by atoms with E-state index in [1.165, 1.54) is 0 Å². The lowest BCUT2D eigenvalue weighted by molar-refractivity contribution is 0.0555. The van der Waals surface area contributed by atoms with Gasteiger partial charge in [0.05, 0.1) is 5.60 Å². The number of nitrogens with zero attached hydrogens (tertiary/aromatic N) is 2. The molecule has 0 fully saturated rings. The predicted octanol–water partition coefficient (Wildman–Crippen LogP) is 0.427. The molecule has 0 aliphatic carbocycles. The summed E-state index contributed by atoms with van der Waals surface area (Å²) in [5.74, 6) is -0.0163. The lowest BCUT2D eigenvalue weighted by Gasteiger charge is -2.21. The summed E-state index contributed by atoms with van der Waals surface area (Å²) in [6.45, 7) is 4.81. The number of oxime groups is 1. The first-order chi connectivity index (χ1) is 8.48. The van der Waals surface area contributed by atoms with E-state index in [4.69, 9.17) is 10.9 Å². The van der Waals surface area contributed by atoms with Crippen molar-refractivity contribution in [2.75, 3.05) is 6.54 Å². The Kier molecular flexibility index (Phi) is 5.06. The van der Waals surface area contributed by atoms with E-state index in [-0.39, 0.29) is 5.84 Å². The van der Waals surface area contributed by atoms with Crippen LogP contribution in [0.5, 0.6) is 0 Å². The molecule has 0 aliphatic heterocycles. The van der Waals surface area contributed by atoms with Crippen molar-refractivity contribution in [3.8, 4) is 0 Å². The largest absolute Gasteiger partial charge is 0.409 e. The molecule has 0 bridgehead atoms. The molecule has 1 aromatic rings. The maximum atomic E-state index is 9.84. The quantitative estimate of drug-likeness (QED) is 0.254. The van der Waals surface area contributed by atoms with Gasteiger partial charge in [0.1, 0.15) is 5.69 Å². The number of amidine groups is 1. The number of hydrogen-bond donors (Lipinski definition) is 4. The van der Waals surface area contributed by atoms with Crippen molar-refractivity contribution in [3.05, 3.63) is 29.6 Å². The summed E-state index contributed by atoms with van der Waals surface area (Å²) >= 11 is 0. The van der Waals surface area contributed by atoms with Crippen LogP contribution in [0.25, 0.3) is 0 Å². The summed E-state index contributed by atoms with van der Waals surface area (Å²) < 4.78 is 0. The first-order valence-corrected chi connectivity index (χ1v) is 5.84. The first kappa shape index (κ1) is 14.4. The predicted molar refractivity (Wildman–Crippen MR) is 69.4 cm³/mol. The van der Waals surface area contributed by atoms with Crippen molar-refractivity contribution in [3.63, 3.8) is 0 Å². The van der Waals surface area contributed by atoms with Gasteiger partial charge in [-0.25, -0.2) is 0 Å². The molecule has 100 valence electrons. The minimum atomic E-state index is -0.707. The van der Waals surface area contributed by atoms with Crippen LogP contribution in [-0.2, 0) is 6.54 Å².